The SMILES string of the molecule is C#CCNCc1ccc(CNC23OC4C5C6CC(C7C6C4C72)C53)cc1. The minimum absolute atomic E-state index is 0.0457. The van der Waals surface area contributed by atoms with Gasteiger partial charge in [-0.25, -0.2) is 0 Å². The third-order valence-corrected chi connectivity index (χ3v) is 8.85. The lowest BCUT2D eigenvalue weighted by atomic mass is 9.59. The number of hydrogen-bond acceptors (Lipinski definition) is 3. The summed E-state index contributed by atoms with van der Waals surface area (Å²) in [6, 6.07) is 8.93. The van der Waals surface area contributed by atoms with Crippen molar-refractivity contribution < 1.29 is 4.74 Å². The van der Waals surface area contributed by atoms with Gasteiger partial charge in [-0.2, -0.15) is 0 Å². The summed E-state index contributed by atoms with van der Waals surface area (Å²) < 4.78 is 6.73. The highest BCUT2D eigenvalue weighted by Gasteiger charge is 2.92. The number of hydrogen-bond donors (Lipinski definition) is 2. The first-order valence-electron chi connectivity index (χ1n) is 9.98. The van der Waals surface area contributed by atoms with Gasteiger partial charge in [-0.15, -0.1) is 6.42 Å². The van der Waals surface area contributed by atoms with E-state index in [0.717, 1.165) is 60.4 Å². The Morgan fingerprint density at radius 3 is 2.60 bits per heavy atom. The lowest BCUT2D eigenvalue weighted by Gasteiger charge is -2.46. The van der Waals surface area contributed by atoms with E-state index in [4.69, 9.17) is 11.2 Å². The van der Waals surface area contributed by atoms with Crippen molar-refractivity contribution in [1.82, 2.24) is 10.6 Å². The first-order valence-corrected chi connectivity index (χ1v) is 9.98. The molecule has 0 radical (unpaired) electrons. The number of terminal acetylenes is 1. The fourth-order valence-corrected chi connectivity index (χ4v) is 8.59. The molecule has 0 spiro atoms. The van der Waals surface area contributed by atoms with E-state index in [1.807, 2.05) is 0 Å². The van der Waals surface area contributed by atoms with Gasteiger partial charge in [0.05, 0.1) is 12.6 Å². The van der Waals surface area contributed by atoms with E-state index in [2.05, 4.69) is 40.8 Å². The van der Waals surface area contributed by atoms with E-state index in [-0.39, 0.29) is 5.72 Å². The Morgan fingerprint density at radius 2 is 1.80 bits per heavy atom. The molecule has 1 aromatic rings. The summed E-state index contributed by atoms with van der Waals surface area (Å²) in [5, 5.41) is 7.19. The quantitative estimate of drug-likeness (QED) is 0.617. The number of benzene rings is 1. The van der Waals surface area contributed by atoms with E-state index in [1.54, 1.807) is 0 Å². The molecule has 2 heterocycles. The largest absolute Gasteiger partial charge is 0.356 e. The van der Waals surface area contributed by atoms with E-state index in [9.17, 15) is 0 Å². The summed E-state index contributed by atoms with van der Waals surface area (Å²) in [6.07, 6.45) is 7.42. The van der Waals surface area contributed by atoms with Crippen molar-refractivity contribution in [3.05, 3.63) is 35.4 Å². The van der Waals surface area contributed by atoms with Crippen LogP contribution in [0.2, 0.25) is 0 Å². The normalized spacial score (nSPS) is 53.8. The zero-order valence-electron chi connectivity index (χ0n) is 14.3. The zero-order chi connectivity index (χ0) is 16.3. The topological polar surface area (TPSA) is 33.3 Å². The Morgan fingerprint density at radius 1 is 1.00 bits per heavy atom. The molecule has 0 aromatic heterocycles. The Bertz CT molecular complexity index is 787. The van der Waals surface area contributed by atoms with Gasteiger partial charge in [-0.3, -0.25) is 5.32 Å². The molecule has 2 aliphatic heterocycles. The van der Waals surface area contributed by atoms with Crippen LogP contribution in [-0.4, -0.2) is 18.4 Å². The van der Waals surface area contributed by atoms with Gasteiger partial charge < -0.3 is 10.1 Å². The van der Waals surface area contributed by atoms with Gasteiger partial charge in [0.15, 0.2) is 0 Å². The second-order valence-corrected chi connectivity index (χ2v) is 9.28. The first-order chi connectivity index (χ1) is 12.3. The molecular weight excluding hydrogens is 308 g/mol. The van der Waals surface area contributed by atoms with Gasteiger partial charge in [0.2, 0.25) is 0 Å². The highest BCUT2D eigenvalue weighted by molar-refractivity contribution is 5.38. The van der Waals surface area contributed by atoms with Gasteiger partial charge in [-0.05, 0) is 53.1 Å². The molecule has 4 bridgehead atoms. The molecule has 5 aliphatic carbocycles. The maximum absolute atomic E-state index is 6.73. The Balaban J connectivity index is 1.09. The summed E-state index contributed by atoms with van der Waals surface area (Å²) in [5.74, 6) is 10.2. The molecule has 5 saturated carbocycles. The van der Waals surface area contributed by atoms with Crippen molar-refractivity contribution in [3.63, 3.8) is 0 Å². The molecule has 8 rings (SSSR count). The van der Waals surface area contributed by atoms with Crippen LogP contribution in [0.4, 0.5) is 0 Å². The third kappa shape index (κ3) is 1.35. The number of rotatable bonds is 6. The Hall–Kier alpha value is -1.34. The van der Waals surface area contributed by atoms with Gasteiger partial charge in [-0.1, -0.05) is 30.2 Å². The number of ether oxygens (including phenoxy) is 1. The van der Waals surface area contributed by atoms with Crippen molar-refractivity contribution in [2.45, 2.75) is 31.3 Å². The maximum Gasteiger partial charge on any atom is 0.126 e. The molecule has 2 N–H and O–H groups in total. The van der Waals surface area contributed by atoms with Crippen LogP contribution >= 0.6 is 0 Å². The molecular formula is C22H24N2O. The zero-order valence-corrected chi connectivity index (χ0v) is 14.3. The van der Waals surface area contributed by atoms with Crippen LogP contribution < -0.4 is 10.6 Å². The molecule has 7 aliphatic rings. The summed E-state index contributed by atoms with van der Waals surface area (Å²) in [5.41, 5.74) is 2.70. The number of nitrogens with one attached hydrogen (secondary N) is 2. The smallest absolute Gasteiger partial charge is 0.126 e. The van der Waals surface area contributed by atoms with E-state index < -0.39 is 0 Å². The van der Waals surface area contributed by atoms with Crippen LogP contribution in [0.25, 0.3) is 0 Å². The monoisotopic (exact) mass is 332 g/mol. The molecule has 1 aromatic carbocycles. The average molecular weight is 332 g/mol. The lowest BCUT2D eigenvalue weighted by molar-refractivity contribution is -0.0591. The van der Waals surface area contributed by atoms with E-state index in [1.165, 1.54) is 17.5 Å². The molecule has 3 heteroatoms. The second kappa shape index (κ2) is 4.31. The molecule has 2 saturated heterocycles. The van der Waals surface area contributed by atoms with Crippen LogP contribution in [-0.2, 0) is 17.8 Å². The molecule has 3 nitrogen and oxygen atoms in total. The van der Waals surface area contributed by atoms with Crippen LogP contribution in [0.5, 0.6) is 0 Å². The van der Waals surface area contributed by atoms with Crippen molar-refractivity contribution in [3.8, 4) is 12.3 Å². The fraction of sp³-hybridized carbons (Fsp3) is 0.636. The predicted molar refractivity (Wildman–Crippen MR) is 94.0 cm³/mol. The van der Waals surface area contributed by atoms with Crippen LogP contribution in [0, 0.1) is 59.7 Å². The van der Waals surface area contributed by atoms with Gasteiger partial charge in [0, 0.05) is 24.9 Å². The fourth-order valence-electron chi connectivity index (χ4n) is 8.59. The minimum Gasteiger partial charge on any atom is -0.356 e. The molecule has 10 atom stereocenters. The third-order valence-electron chi connectivity index (χ3n) is 8.85. The van der Waals surface area contributed by atoms with E-state index in [0.29, 0.717) is 12.6 Å². The standard InChI is InChI=1S/C22H24N2O/c1-2-7-23-9-11-3-5-12(6-4-11)10-24-22-19-14-8-13-15-16(14)20(22)18(15)21(25-22)17(13)19/h1,3-6,13-21,23-24H,7-10H2. The van der Waals surface area contributed by atoms with Crippen LogP contribution in [0.15, 0.2) is 24.3 Å². The molecule has 128 valence electrons. The second-order valence-electron chi connectivity index (χ2n) is 9.28. The highest BCUT2D eigenvalue weighted by atomic mass is 16.5. The average Bonchev–Trinajstić information content (AvgIpc) is 3.28. The molecule has 25 heavy (non-hydrogen) atoms. The van der Waals surface area contributed by atoms with Gasteiger partial charge >= 0.3 is 0 Å². The van der Waals surface area contributed by atoms with Crippen molar-refractivity contribution in [1.29, 1.82) is 0 Å². The molecule has 10 unspecified atom stereocenters. The molecule has 0 amide bonds. The summed E-state index contributed by atoms with van der Waals surface area (Å²) in [6.45, 7) is 2.40. The lowest BCUT2D eigenvalue weighted by Crippen LogP contribution is -2.56. The highest BCUT2D eigenvalue weighted by Crippen LogP contribution is 2.89. The summed E-state index contributed by atoms with van der Waals surface area (Å²) in [7, 11) is 0. The van der Waals surface area contributed by atoms with E-state index >= 15 is 0 Å². The predicted octanol–water partition coefficient (Wildman–Crippen LogP) is 1.98. The van der Waals surface area contributed by atoms with Crippen molar-refractivity contribution in [2.24, 2.45) is 47.3 Å². The van der Waals surface area contributed by atoms with Gasteiger partial charge in [0.1, 0.15) is 5.72 Å². The van der Waals surface area contributed by atoms with Crippen LogP contribution in [0.3, 0.4) is 0 Å². The Kier molecular flexibility index (Phi) is 2.38. The Labute approximate surface area is 148 Å². The molecule has 7 fully saturated rings. The first kappa shape index (κ1) is 13.8. The van der Waals surface area contributed by atoms with Crippen molar-refractivity contribution in [2.75, 3.05) is 6.54 Å². The maximum atomic E-state index is 6.73. The summed E-state index contributed by atoms with van der Waals surface area (Å²) >= 11 is 0. The van der Waals surface area contributed by atoms with Gasteiger partial charge in [0.25, 0.3) is 0 Å². The summed E-state index contributed by atoms with van der Waals surface area (Å²) in [4.78, 5) is 0. The van der Waals surface area contributed by atoms with Crippen LogP contribution in [0.1, 0.15) is 17.5 Å². The van der Waals surface area contributed by atoms with Crippen molar-refractivity contribution >= 4 is 0 Å². The minimum atomic E-state index is 0.0457.